The molecule has 0 saturated carbocycles. The van der Waals surface area contributed by atoms with Gasteiger partial charge in [-0.05, 0) is 53.6 Å². The first-order valence-electron chi connectivity index (χ1n) is 11.8. The van der Waals surface area contributed by atoms with Gasteiger partial charge in [0.1, 0.15) is 5.41 Å². The summed E-state index contributed by atoms with van der Waals surface area (Å²) in [7, 11) is 0. The number of benzene rings is 2. The third-order valence-corrected chi connectivity index (χ3v) is 7.01. The van der Waals surface area contributed by atoms with Gasteiger partial charge in [-0.2, -0.15) is 5.26 Å². The van der Waals surface area contributed by atoms with E-state index >= 15 is 0 Å². The molecule has 0 aromatic heterocycles. The fraction of sp³-hybridized carbons (Fsp3) is 0.481. The molecule has 0 aliphatic carbocycles. The van der Waals surface area contributed by atoms with E-state index in [-0.39, 0.29) is 36.9 Å². The Morgan fingerprint density at radius 3 is 2.43 bits per heavy atom. The van der Waals surface area contributed by atoms with Crippen LogP contribution in [0.5, 0.6) is 0 Å². The van der Waals surface area contributed by atoms with Crippen LogP contribution in [0.2, 0.25) is 10.0 Å². The van der Waals surface area contributed by atoms with Gasteiger partial charge in [-0.15, -0.1) is 0 Å². The first kappa shape index (κ1) is 27.4. The molecule has 5 atom stereocenters. The molecule has 1 amide bonds. The minimum Gasteiger partial charge on any atom is -0.394 e. The number of aliphatic hydroxyl groups is 2. The van der Waals surface area contributed by atoms with E-state index in [0.717, 1.165) is 11.1 Å². The van der Waals surface area contributed by atoms with Crippen LogP contribution >= 0.6 is 23.2 Å². The quantitative estimate of drug-likeness (QED) is 0.420. The molecule has 1 saturated heterocycles. The molecule has 35 heavy (non-hydrogen) atoms. The highest BCUT2D eigenvalue weighted by Crippen LogP contribution is 2.51. The number of hydrogen-bond acceptors (Lipinski definition) is 5. The Hall–Kier alpha value is -2.14. The Morgan fingerprint density at radius 2 is 1.86 bits per heavy atom. The van der Waals surface area contributed by atoms with Crippen LogP contribution in [-0.4, -0.2) is 47.5 Å². The second kappa shape index (κ2) is 11.3. The summed E-state index contributed by atoms with van der Waals surface area (Å²) in [6, 6.07) is 16.1. The summed E-state index contributed by atoms with van der Waals surface area (Å²) < 4.78 is 0. The molecule has 188 valence electrons. The van der Waals surface area contributed by atoms with Gasteiger partial charge in [0.2, 0.25) is 5.91 Å². The van der Waals surface area contributed by atoms with Gasteiger partial charge >= 0.3 is 0 Å². The van der Waals surface area contributed by atoms with Crippen LogP contribution < -0.4 is 10.6 Å². The average Bonchev–Trinajstić information content (AvgIpc) is 3.12. The second-order valence-corrected chi connectivity index (χ2v) is 11.3. The van der Waals surface area contributed by atoms with Gasteiger partial charge in [0.15, 0.2) is 0 Å². The molecule has 1 aliphatic heterocycles. The molecule has 8 heteroatoms. The number of nitrogens with one attached hydrogen (secondary N) is 2. The highest BCUT2D eigenvalue weighted by Gasteiger charge is 2.59. The lowest BCUT2D eigenvalue weighted by Gasteiger charge is -2.37. The van der Waals surface area contributed by atoms with Crippen molar-refractivity contribution in [2.45, 2.75) is 63.1 Å². The number of rotatable bonds is 8. The number of nitrogens with zero attached hydrogens (tertiary/aromatic N) is 1. The van der Waals surface area contributed by atoms with E-state index in [4.69, 9.17) is 28.3 Å². The minimum atomic E-state index is -1.10. The van der Waals surface area contributed by atoms with E-state index in [1.54, 1.807) is 24.3 Å². The van der Waals surface area contributed by atoms with Gasteiger partial charge in [-0.3, -0.25) is 4.79 Å². The fourth-order valence-corrected chi connectivity index (χ4v) is 5.43. The molecule has 4 N–H and O–H groups in total. The Balaban J connectivity index is 2.15. The van der Waals surface area contributed by atoms with Gasteiger partial charge in [0.05, 0.1) is 24.8 Å². The number of carbonyl (C=O) groups excluding carboxylic acids is 1. The molecule has 1 heterocycles. The maximum absolute atomic E-state index is 13.5. The Morgan fingerprint density at radius 1 is 1.20 bits per heavy atom. The molecule has 0 radical (unpaired) electrons. The van der Waals surface area contributed by atoms with E-state index in [1.165, 1.54) is 0 Å². The molecule has 0 spiro atoms. The van der Waals surface area contributed by atoms with E-state index in [0.29, 0.717) is 16.5 Å². The topological polar surface area (TPSA) is 105 Å². The molecule has 0 bridgehead atoms. The zero-order valence-corrected chi connectivity index (χ0v) is 21.8. The molecule has 2 aromatic carbocycles. The van der Waals surface area contributed by atoms with Gasteiger partial charge < -0.3 is 20.8 Å². The van der Waals surface area contributed by atoms with Gasteiger partial charge in [-0.1, -0.05) is 68.2 Å². The van der Waals surface area contributed by atoms with Crippen molar-refractivity contribution in [3.8, 4) is 6.07 Å². The van der Waals surface area contributed by atoms with Gasteiger partial charge in [-0.25, -0.2) is 0 Å². The molecule has 2 aromatic rings. The first-order chi connectivity index (χ1) is 16.5. The summed E-state index contributed by atoms with van der Waals surface area (Å²) in [4.78, 5) is 13.5. The maximum Gasteiger partial charge on any atom is 0.237 e. The first-order valence-corrected chi connectivity index (χ1v) is 12.5. The lowest BCUT2D eigenvalue weighted by molar-refractivity contribution is -0.123. The summed E-state index contributed by atoms with van der Waals surface area (Å²) >= 11 is 12.7. The Bertz CT molecular complexity index is 1080. The molecule has 0 unspecified atom stereocenters. The van der Waals surface area contributed by atoms with Crippen LogP contribution in [0.25, 0.3) is 0 Å². The third-order valence-electron chi connectivity index (χ3n) is 6.54. The van der Waals surface area contributed by atoms with Crippen LogP contribution in [0.3, 0.4) is 0 Å². The molecule has 1 fully saturated rings. The summed E-state index contributed by atoms with van der Waals surface area (Å²) in [5, 5.41) is 37.0. The van der Waals surface area contributed by atoms with E-state index in [2.05, 4.69) is 37.5 Å². The number of nitriles is 1. The largest absolute Gasteiger partial charge is 0.394 e. The SMILES string of the molecule is CC(C)(C)C[C@@H]1N[C@@H](C(=O)NCC[C@H](O)CO)[C@H](c2cccc(Cl)c2)[C@@]1(C#N)c1cccc(Cl)c1. The summed E-state index contributed by atoms with van der Waals surface area (Å²) in [5.74, 6) is -0.835. The summed E-state index contributed by atoms with van der Waals surface area (Å²) in [6.07, 6.45) is -0.0503. The van der Waals surface area contributed by atoms with E-state index < -0.39 is 23.5 Å². The normalized spacial score (nSPS) is 25.1. The summed E-state index contributed by atoms with van der Waals surface area (Å²) in [5.41, 5.74) is 0.284. The van der Waals surface area contributed by atoms with Crippen LogP contribution in [0.15, 0.2) is 48.5 Å². The van der Waals surface area contributed by atoms with Crippen molar-refractivity contribution < 1.29 is 15.0 Å². The molecule has 1 aliphatic rings. The van der Waals surface area contributed by atoms with Gasteiger partial charge in [0, 0.05) is 28.5 Å². The van der Waals surface area contributed by atoms with Crippen molar-refractivity contribution in [1.82, 2.24) is 10.6 Å². The predicted octanol–water partition coefficient (Wildman–Crippen LogP) is 4.17. The lowest BCUT2D eigenvalue weighted by Crippen LogP contribution is -2.46. The zero-order chi connectivity index (χ0) is 25.8. The summed E-state index contributed by atoms with van der Waals surface area (Å²) in [6.45, 7) is 6.14. The van der Waals surface area contributed by atoms with Crippen molar-refractivity contribution in [3.05, 3.63) is 69.7 Å². The number of hydrogen-bond donors (Lipinski definition) is 4. The monoisotopic (exact) mass is 517 g/mol. The van der Waals surface area contributed by atoms with Crippen molar-refractivity contribution in [3.63, 3.8) is 0 Å². The number of aliphatic hydroxyl groups excluding tert-OH is 2. The molecule has 6 nitrogen and oxygen atoms in total. The van der Waals surface area contributed by atoms with E-state index in [1.807, 2.05) is 24.3 Å². The van der Waals surface area contributed by atoms with Crippen LogP contribution in [0.1, 0.15) is 50.7 Å². The number of amides is 1. The van der Waals surface area contributed by atoms with Crippen LogP contribution in [0, 0.1) is 16.7 Å². The van der Waals surface area contributed by atoms with Crippen molar-refractivity contribution >= 4 is 29.1 Å². The maximum atomic E-state index is 13.5. The number of carbonyl (C=O) groups is 1. The standard InChI is InChI=1S/C27H33Cl2N3O3/c1-26(2,3)14-22-27(16-30,18-7-5-9-20(29)13-18)23(17-6-4-8-19(28)12-17)24(32-22)25(35)31-11-10-21(34)15-33/h4-9,12-13,21-24,32-34H,10-11,14-15H2,1-3H3,(H,31,35)/t21-,22-,23-,24+,27-/m0/s1. The fourth-order valence-electron chi connectivity index (χ4n) is 5.04. The second-order valence-electron chi connectivity index (χ2n) is 10.4. The van der Waals surface area contributed by atoms with Crippen molar-refractivity contribution in [1.29, 1.82) is 5.26 Å². The zero-order valence-electron chi connectivity index (χ0n) is 20.3. The molecular formula is C27H33Cl2N3O3. The van der Waals surface area contributed by atoms with Crippen molar-refractivity contribution in [2.24, 2.45) is 5.41 Å². The highest BCUT2D eigenvalue weighted by atomic mass is 35.5. The van der Waals surface area contributed by atoms with Crippen LogP contribution in [-0.2, 0) is 10.2 Å². The third kappa shape index (κ3) is 6.17. The van der Waals surface area contributed by atoms with Crippen LogP contribution in [0.4, 0.5) is 0 Å². The smallest absolute Gasteiger partial charge is 0.237 e. The molecular weight excluding hydrogens is 485 g/mol. The molecule has 3 rings (SSSR count). The Labute approximate surface area is 217 Å². The highest BCUT2D eigenvalue weighted by molar-refractivity contribution is 6.31. The number of halogens is 2. The average molecular weight is 518 g/mol. The van der Waals surface area contributed by atoms with Gasteiger partial charge in [0.25, 0.3) is 0 Å². The Kier molecular flexibility index (Phi) is 8.85. The van der Waals surface area contributed by atoms with E-state index in [9.17, 15) is 15.2 Å². The van der Waals surface area contributed by atoms with Crippen molar-refractivity contribution in [2.75, 3.05) is 13.2 Å². The predicted molar refractivity (Wildman–Crippen MR) is 138 cm³/mol. The minimum absolute atomic E-state index is 0.131. The lowest BCUT2D eigenvalue weighted by atomic mass is 9.63.